The lowest BCUT2D eigenvalue weighted by Crippen LogP contribution is -2.34. The van der Waals surface area contributed by atoms with Crippen LogP contribution in [0.1, 0.15) is 18.4 Å². The van der Waals surface area contributed by atoms with Gasteiger partial charge in [-0.3, -0.25) is 10.1 Å². The van der Waals surface area contributed by atoms with Crippen LogP contribution in [0.3, 0.4) is 0 Å². The minimum absolute atomic E-state index is 0.0161. The molecule has 2 rings (SSSR count). The monoisotopic (exact) mass is 204 g/mol. The Bertz CT molecular complexity index is 389. The Hall–Kier alpha value is -1.84. The van der Waals surface area contributed by atoms with Gasteiger partial charge in [-0.05, 0) is 5.56 Å². The number of hydrogen-bond acceptors (Lipinski definition) is 2. The van der Waals surface area contributed by atoms with Crippen molar-refractivity contribution in [1.29, 1.82) is 0 Å². The average molecular weight is 204 g/mol. The Morgan fingerprint density at radius 1 is 1.20 bits per heavy atom. The fourth-order valence-electron chi connectivity index (χ4n) is 1.73. The molecule has 1 fully saturated rings. The Balaban J connectivity index is 2.18. The van der Waals surface area contributed by atoms with Crippen LogP contribution < -0.4 is 10.6 Å². The SMILES string of the molecule is C[C@@H](c1ccccc1)[C@@H]1NC(=O)NC1=O. The van der Waals surface area contributed by atoms with Gasteiger partial charge in [-0.1, -0.05) is 37.3 Å². The van der Waals surface area contributed by atoms with E-state index in [2.05, 4.69) is 10.6 Å². The van der Waals surface area contributed by atoms with Gasteiger partial charge in [0.25, 0.3) is 5.91 Å². The van der Waals surface area contributed by atoms with E-state index < -0.39 is 12.1 Å². The molecule has 4 heteroatoms. The lowest BCUT2D eigenvalue weighted by molar-refractivity contribution is -0.120. The molecule has 1 saturated heterocycles. The Labute approximate surface area is 87.7 Å². The van der Waals surface area contributed by atoms with Crippen LogP contribution in [-0.2, 0) is 4.79 Å². The predicted octanol–water partition coefficient (Wildman–Crippen LogP) is 0.998. The molecule has 0 saturated carbocycles. The van der Waals surface area contributed by atoms with Crippen LogP contribution in [0.25, 0.3) is 0 Å². The minimum atomic E-state index is -0.458. The Morgan fingerprint density at radius 3 is 2.40 bits per heavy atom. The molecule has 0 spiro atoms. The predicted molar refractivity (Wildman–Crippen MR) is 55.3 cm³/mol. The highest BCUT2D eigenvalue weighted by molar-refractivity contribution is 6.04. The highest BCUT2D eigenvalue weighted by atomic mass is 16.2. The average Bonchev–Trinajstić information content (AvgIpc) is 2.58. The van der Waals surface area contributed by atoms with Crippen molar-refractivity contribution in [2.75, 3.05) is 0 Å². The van der Waals surface area contributed by atoms with Crippen LogP contribution in [0.4, 0.5) is 4.79 Å². The van der Waals surface area contributed by atoms with Crippen molar-refractivity contribution in [3.63, 3.8) is 0 Å². The van der Waals surface area contributed by atoms with Crippen molar-refractivity contribution in [2.24, 2.45) is 0 Å². The summed E-state index contributed by atoms with van der Waals surface area (Å²) in [6.07, 6.45) is 0. The molecule has 1 aliphatic rings. The summed E-state index contributed by atoms with van der Waals surface area (Å²) in [6, 6.07) is 8.78. The summed E-state index contributed by atoms with van der Waals surface area (Å²) in [5.74, 6) is -0.269. The second-order valence-corrected chi connectivity index (χ2v) is 3.64. The van der Waals surface area contributed by atoms with Crippen molar-refractivity contribution in [3.05, 3.63) is 35.9 Å². The minimum Gasteiger partial charge on any atom is -0.325 e. The first-order valence-electron chi connectivity index (χ1n) is 4.85. The molecule has 1 heterocycles. The van der Waals surface area contributed by atoms with E-state index in [1.807, 2.05) is 37.3 Å². The van der Waals surface area contributed by atoms with Gasteiger partial charge in [0.15, 0.2) is 0 Å². The van der Waals surface area contributed by atoms with Crippen LogP contribution in [0.2, 0.25) is 0 Å². The molecular weight excluding hydrogens is 192 g/mol. The fourth-order valence-corrected chi connectivity index (χ4v) is 1.73. The molecule has 4 nitrogen and oxygen atoms in total. The molecule has 2 atom stereocenters. The number of amides is 3. The molecule has 1 aliphatic heterocycles. The third kappa shape index (κ3) is 1.83. The van der Waals surface area contributed by atoms with E-state index in [-0.39, 0.29) is 11.8 Å². The third-order valence-electron chi connectivity index (χ3n) is 2.63. The molecular formula is C11H12N2O2. The number of imide groups is 1. The normalized spacial score (nSPS) is 22.1. The number of rotatable bonds is 2. The largest absolute Gasteiger partial charge is 0.325 e. The number of urea groups is 1. The number of benzene rings is 1. The van der Waals surface area contributed by atoms with Crippen LogP contribution in [0, 0.1) is 0 Å². The number of carbonyl (C=O) groups excluding carboxylic acids is 2. The first-order valence-corrected chi connectivity index (χ1v) is 4.85. The van der Waals surface area contributed by atoms with E-state index in [1.165, 1.54) is 0 Å². The summed E-state index contributed by atoms with van der Waals surface area (Å²) in [5.41, 5.74) is 1.04. The lowest BCUT2D eigenvalue weighted by atomic mass is 9.93. The second-order valence-electron chi connectivity index (χ2n) is 3.64. The summed E-state index contributed by atoms with van der Waals surface area (Å²) in [4.78, 5) is 22.4. The third-order valence-corrected chi connectivity index (χ3v) is 2.63. The van der Waals surface area contributed by atoms with E-state index in [9.17, 15) is 9.59 Å². The van der Waals surface area contributed by atoms with Gasteiger partial charge in [0.2, 0.25) is 0 Å². The summed E-state index contributed by atoms with van der Waals surface area (Å²) in [5, 5.41) is 4.83. The molecule has 0 bridgehead atoms. The van der Waals surface area contributed by atoms with E-state index in [0.29, 0.717) is 0 Å². The van der Waals surface area contributed by atoms with E-state index in [0.717, 1.165) is 5.56 Å². The van der Waals surface area contributed by atoms with Crippen molar-refractivity contribution in [3.8, 4) is 0 Å². The topological polar surface area (TPSA) is 58.2 Å². The number of hydrogen-bond donors (Lipinski definition) is 2. The number of carbonyl (C=O) groups is 2. The van der Waals surface area contributed by atoms with Crippen LogP contribution in [0.15, 0.2) is 30.3 Å². The molecule has 2 N–H and O–H groups in total. The van der Waals surface area contributed by atoms with Gasteiger partial charge >= 0.3 is 6.03 Å². The summed E-state index contributed by atoms with van der Waals surface area (Å²) < 4.78 is 0. The first kappa shape index (κ1) is 9.71. The van der Waals surface area contributed by atoms with Gasteiger partial charge in [0.1, 0.15) is 6.04 Å². The molecule has 1 aromatic rings. The molecule has 0 aromatic heterocycles. The quantitative estimate of drug-likeness (QED) is 0.706. The molecule has 1 aromatic carbocycles. The number of nitrogens with one attached hydrogen (secondary N) is 2. The van der Waals surface area contributed by atoms with Crippen molar-refractivity contribution < 1.29 is 9.59 Å². The highest BCUT2D eigenvalue weighted by Gasteiger charge is 2.34. The van der Waals surface area contributed by atoms with E-state index in [1.54, 1.807) is 0 Å². The second kappa shape index (κ2) is 3.73. The summed E-state index contributed by atoms with van der Waals surface area (Å²) in [7, 11) is 0. The molecule has 78 valence electrons. The zero-order valence-electron chi connectivity index (χ0n) is 8.36. The molecule has 3 amide bonds. The van der Waals surface area contributed by atoms with Crippen molar-refractivity contribution >= 4 is 11.9 Å². The van der Waals surface area contributed by atoms with Crippen LogP contribution >= 0.6 is 0 Å². The van der Waals surface area contributed by atoms with Gasteiger partial charge in [-0.25, -0.2) is 4.79 Å². The van der Waals surface area contributed by atoms with Gasteiger partial charge in [0, 0.05) is 5.92 Å². The molecule has 0 radical (unpaired) electrons. The molecule has 0 aliphatic carbocycles. The fraction of sp³-hybridized carbons (Fsp3) is 0.273. The van der Waals surface area contributed by atoms with Crippen LogP contribution in [0.5, 0.6) is 0 Å². The lowest BCUT2D eigenvalue weighted by Gasteiger charge is -2.16. The summed E-state index contributed by atoms with van der Waals surface area (Å²) in [6.45, 7) is 1.92. The van der Waals surface area contributed by atoms with Gasteiger partial charge in [-0.15, -0.1) is 0 Å². The smallest absolute Gasteiger partial charge is 0.322 e. The summed E-state index contributed by atoms with van der Waals surface area (Å²) >= 11 is 0. The van der Waals surface area contributed by atoms with Crippen molar-refractivity contribution in [2.45, 2.75) is 18.9 Å². The molecule has 0 unspecified atom stereocenters. The molecule has 15 heavy (non-hydrogen) atoms. The zero-order chi connectivity index (χ0) is 10.8. The maximum atomic E-state index is 11.4. The maximum absolute atomic E-state index is 11.4. The van der Waals surface area contributed by atoms with Gasteiger partial charge < -0.3 is 5.32 Å². The maximum Gasteiger partial charge on any atom is 0.322 e. The van der Waals surface area contributed by atoms with Gasteiger partial charge in [0.05, 0.1) is 0 Å². The zero-order valence-corrected chi connectivity index (χ0v) is 8.36. The Kier molecular flexibility index (Phi) is 2.41. The van der Waals surface area contributed by atoms with Crippen LogP contribution in [-0.4, -0.2) is 18.0 Å². The Morgan fingerprint density at radius 2 is 1.87 bits per heavy atom. The van der Waals surface area contributed by atoms with Gasteiger partial charge in [-0.2, -0.15) is 0 Å². The first-order chi connectivity index (χ1) is 7.18. The van der Waals surface area contributed by atoms with E-state index in [4.69, 9.17) is 0 Å². The standard InChI is InChI=1S/C11H12N2O2/c1-7(8-5-3-2-4-6-8)9-10(14)13-11(15)12-9/h2-7,9H,1H3,(H2,12,13,14,15)/t7-,9-/m0/s1. The highest BCUT2D eigenvalue weighted by Crippen LogP contribution is 2.20. The van der Waals surface area contributed by atoms with E-state index >= 15 is 0 Å². The van der Waals surface area contributed by atoms with Crippen molar-refractivity contribution in [1.82, 2.24) is 10.6 Å².